The van der Waals surface area contributed by atoms with Crippen LogP contribution in [0.15, 0.2) is 18.2 Å². The standard InChI is InChI=1S/C14H19NO2/c16-9-10-8-12-13(15-10)6-3-7-14(12)17-11-4-1-2-5-11/h3,6-7,10-11,15-16H,1-2,4-5,8-9H2. The zero-order valence-corrected chi connectivity index (χ0v) is 9.98. The summed E-state index contributed by atoms with van der Waals surface area (Å²) in [5.41, 5.74) is 2.36. The van der Waals surface area contributed by atoms with E-state index in [4.69, 9.17) is 4.74 Å². The molecule has 1 aliphatic carbocycles. The second kappa shape index (κ2) is 4.57. The molecule has 17 heavy (non-hydrogen) atoms. The number of anilines is 1. The molecule has 1 heterocycles. The summed E-state index contributed by atoms with van der Waals surface area (Å²) in [6, 6.07) is 6.29. The molecule has 1 aromatic carbocycles. The first-order chi connectivity index (χ1) is 8.36. The Bertz CT molecular complexity index is 399. The number of aliphatic hydroxyl groups is 1. The molecular weight excluding hydrogens is 214 g/mol. The van der Waals surface area contributed by atoms with Gasteiger partial charge in [-0.1, -0.05) is 6.07 Å². The van der Waals surface area contributed by atoms with Crippen LogP contribution >= 0.6 is 0 Å². The van der Waals surface area contributed by atoms with Gasteiger partial charge in [0.2, 0.25) is 0 Å². The Balaban J connectivity index is 1.79. The molecule has 0 amide bonds. The lowest BCUT2D eigenvalue weighted by molar-refractivity contribution is 0.207. The van der Waals surface area contributed by atoms with Gasteiger partial charge in [-0.15, -0.1) is 0 Å². The number of benzene rings is 1. The normalized spacial score (nSPS) is 23.5. The first-order valence-electron chi connectivity index (χ1n) is 6.53. The number of hydrogen-bond acceptors (Lipinski definition) is 3. The van der Waals surface area contributed by atoms with Gasteiger partial charge in [-0.25, -0.2) is 0 Å². The molecule has 92 valence electrons. The third-order valence-electron chi connectivity index (χ3n) is 3.76. The molecule has 1 atom stereocenters. The lowest BCUT2D eigenvalue weighted by atomic mass is 10.1. The molecule has 2 N–H and O–H groups in total. The highest BCUT2D eigenvalue weighted by atomic mass is 16.5. The summed E-state index contributed by atoms with van der Waals surface area (Å²) >= 11 is 0. The lowest BCUT2D eigenvalue weighted by Gasteiger charge is -2.15. The molecule has 3 rings (SSSR count). The molecule has 0 bridgehead atoms. The Labute approximate surface area is 102 Å². The van der Waals surface area contributed by atoms with Gasteiger partial charge in [-0.3, -0.25) is 0 Å². The van der Waals surface area contributed by atoms with E-state index in [0.29, 0.717) is 6.10 Å². The zero-order chi connectivity index (χ0) is 11.7. The van der Waals surface area contributed by atoms with Gasteiger partial charge in [0.15, 0.2) is 0 Å². The van der Waals surface area contributed by atoms with E-state index in [-0.39, 0.29) is 12.6 Å². The molecule has 2 aliphatic rings. The summed E-state index contributed by atoms with van der Waals surface area (Å²) in [6.45, 7) is 0.178. The monoisotopic (exact) mass is 233 g/mol. The van der Waals surface area contributed by atoms with E-state index in [1.165, 1.54) is 31.2 Å². The van der Waals surface area contributed by atoms with Crippen molar-refractivity contribution in [3.8, 4) is 5.75 Å². The van der Waals surface area contributed by atoms with Crippen molar-refractivity contribution >= 4 is 5.69 Å². The molecule has 1 fully saturated rings. The third-order valence-corrected chi connectivity index (χ3v) is 3.76. The van der Waals surface area contributed by atoms with Crippen molar-refractivity contribution in [2.24, 2.45) is 0 Å². The summed E-state index contributed by atoms with van der Waals surface area (Å²) in [5.74, 6) is 1.01. The zero-order valence-electron chi connectivity index (χ0n) is 9.98. The fourth-order valence-electron chi connectivity index (χ4n) is 2.84. The van der Waals surface area contributed by atoms with E-state index in [9.17, 15) is 5.11 Å². The Morgan fingerprint density at radius 3 is 2.88 bits per heavy atom. The van der Waals surface area contributed by atoms with Gasteiger partial charge < -0.3 is 15.2 Å². The summed E-state index contributed by atoms with van der Waals surface area (Å²) < 4.78 is 6.09. The summed E-state index contributed by atoms with van der Waals surface area (Å²) in [7, 11) is 0. The Morgan fingerprint density at radius 2 is 2.12 bits per heavy atom. The first-order valence-corrected chi connectivity index (χ1v) is 6.53. The van der Waals surface area contributed by atoms with Crippen molar-refractivity contribution in [3.63, 3.8) is 0 Å². The number of fused-ring (bicyclic) bond motifs is 1. The first kappa shape index (κ1) is 10.9. The molecule has 3 nitrogen and oxygen atoms in total. The average Bonchev–Trinajstić information content (AvgIpc) is 2.97. The van der Waals surface area contributed by atoms with Gasteiger partial charge in [0, 0.05) is 17.7 Å². The van der Waals surface area contributed by atoms with Crippen LogP contribution in [0.1, 0.15) is 31.2 Å². The number of ether oxygens (including phenoxy) is 1. The van der Waals surface area contributed by atoms with Crippen LogP contribution in [0.3, 0.4) is 0 Å². The van der Waals surface area contributed by atoms with Crippen LogP contribution < -0.4 is 10.1 Å². The maximum Gasteiger partial charge on any atom is 0.125 e. The number of hydrogen-bond donors (Lipinski definition) is 2. The maximum atomic E-state index is 9.21. The van der Waals surface area contributed by atoms with Crippen molar-refractivity contribution in [2.75, 3.05) is 11.9 Å². The molecule has 0 saturated heterocycles. The van der Waals surface area contributed by atoms with Crippen LogP contribution in [-0.2, 0) is 6.42 Å². The predicted molar refractivity (Wildman–Crippen MR) is 67.5 cm³/mol. The highest BCUT2D eigenvalue weighted by Crippen LogP contribution is 2.35. The van der Waals surface area contributed by atoms with E-state index in [2.05, 4.69) is 17.4 Å². The molecular formula is C14H19NO2. The summed E-state index contributed by atoms with van der Waals surface area (Å²) in [6.07, 6.45) is 6.21. The molecule has 1 unspecified atom stereocenters. The topological polar surface area (TPSA) is 41.5 Å². The van der Waals surface area contributed by atoms with Gasteiger partial charge in [-0.05, 0) is 37.8 Å². The van der Waals surface area contributed by atoms with Crippen LogP contribution in [0.25, 0.3) is 0 Å². The minimum atomic E-state index is 0.151. The van der Waals surface area contributed by atoms with Crippen molar-refractivity contribution in [1.82, 2.24) is 0 Å². The van der Waals surface area contributed by atoms with E-state index in [1.54, 1.807) is 0 Å². The van der Waals surface area contributed by atoms with Crippen LogP contribution in [0.5, 0.6) is 5.75 Å². The summed E-state index contributed by atoms with van der Waals surface area (Å²) in [4.78, 5) is 0. The fourth-order valence-corrected chi connectivity index (χ4v) is 2.84. The van der Waals surface area contributed by atoms with Crippen LogP contribution in [-0.4, -0.2) is 23.9 Å². The second-order valence-corrected chi connectivity index (χ2v) is 5.03. The molecule has 1 aromatic rings. The fraction of sp³-hybridized carbons (Fsp3) is 0.571. The second-order valence-electron chi connectivity index (χ2n) is 5.03. The van der Waals surface area contributed by atoms with Gasteiger partial charge in [0.1, 0.15) is 5.75 Å². The SMILES string of the molecule is OCC1Cc2c(cccc2OC2CCCC2)N1. The Kier molecular flexibility index (Phi) is 2.93. The van der Waals surface area contributed by atoms with Crippen molar-refractivity contribution in [1.29, 1.82) is 0 Å². The Morgan fingerprint density at radius 1 is 1.29 bits per heavy atom. The molecule has 0 radical (unpaired) electrons. The number of rotatable bonds is 3. The van der Waals surface area contributed by atoms with Gasteiger partial charge >= 0.3 is 0 Å². The largest absolute Gasteiger partial charge is 0.490 e. The maximum absolute atomic E-state index is 9.21. The van der Waals surface area contributed by atoms with Crippen molar-refractivity contribution in [3.05, 3.63) is 23.8 Å². The average molecular weight is 233 g/mol. The highest BCUT2D eigenvalue weighted by Gasteiger charge is 2.25. The van der Waals surface area contributed by atoms with Crippen molar-refractivity contribution in [2.45, 2.75) is 44.2 Å². The number of aliphatic hydroxyl groups excluding tert-OH is 1. The van der Waals surface area contributed by atoms with Gasteiger partial charge in [0.25, 0.3) is 0 Å². The minimum Gasteiger partial charge on any atom is -0.490 e. The van der Waals surface area contributed by atoms with Gasteiger partial charge in [0.05, 0.1) is 18.8 Å². The van der Waals surface area contributed by atoms with E-state index in [1.807, 2.05) is 6.07 Å². The summed E-state index contributed by atoms with van der Waals surface area (Å²) in [5, 5.41) is 12.5. The molecule has 1 saturated carbocycles. The minimum absolute atomic E-state index is 0.151. The Hall–Kier alpha value is -1.22. The van der Waals surface area contributed by atoms with Gasteiger partial charge in [-0.2, -0.15) is 0 Å². The molecule has 0 aromatic heterocycles. The third kappa shape index (κ3) is 2.12. The van der Waals surface area contributed by atoms with Crippen molar-refractivity contribution < 1.29 is 9.84 Å². The van der Waals surface area contributed by atoms with Crippen LogP contribution in [0, 0.1) is 0 Å². The lowest BCUT2D eigenvalue weighted by Crippen LogP contribution is -2.19. The van der Waals surface area contributed by atoms with E-state index < -0.39 is 0 Å². The van der Waals surface area contributed by atoms with E-state index in [0.717, 1.165) is 17.9 Å². The van der Waals surface area contributed by atoms with E-state index >= 15 is 0 Å². The van der Waals surface area contributed by atoms with Crippen LogP contribution in [0.2, 0.25) is 0 Å². The quantitative estimate of drug-likeness (QED) is 0.842. The predicted octanol–water partition coefficient (Wildman–Crippen LogP) is 2.34. The highest BCUT2D eigenvalue weighted by molar-refractivity contribution is 5.62. The van der Waals surface area contributed by atoms with Crippen LogP contribution in [0.4, 0.5) is 5.69 Å². The smallest absolute Gasteiger partial charge is 0.125 e. The molecule has 1 aliphatic heterocycles. The molecule has 0 spiro atoms. The number of nitrogens with one attached hydrogen (secondary N) is 1. The molecule has 3 heteroatoms.